The second-order valence-electron chi connectivity index (χ2n) is 10.5. The Kier molecular flexibility index (Phi) is 5.57. The molecule has 3 nitrogen and oxygen atoms in total. The van der Waals surface area contributed by atoms with Crippen LogP contribution in [0.1, 0.15) is 0 Å². The van der Waals surface area contributed by atoms with Crippen molar-refractivity contribution in [3.05, 3.63) is 127 Å². The van der Waals surface area contributed by atoms with Crippen molar-refractivity contribution < 1.29 is 0 Å². The van der Waals surface area contributed by atoms with Gasteiger partial charge >= 0.3 is 0 Å². The van der Waals surface area contributed by atoms with Gasteiger partial charge in [0.2, 0.25) is 0 Å². The summed E-state index contributed by atoms with van der Waals surface area (Å²) >= 11 is 0. The zero-order valence-electron chi connectivity index (χ0n) is 22.0. The maximum atomic E-state index is 5.14. The SMILES string of the molecule is C[Si]1(C)c2ccccc2-c2cccc(-c3nc(-c4ccccc4)nc(-c4cccc(-c5ccccc5)c4)n3)c21. The fraction of sp³-hybridized carbons (Fsp3) is 0.0571. The Balaban J connectivity index is 1.45. The lowest BCUT2D eigenvalue weighted by atomic mass is 10.0. The quantitative estimate of drug-likeness (QED) is 0.230. The Morgan fingerprint density at radius 3 is 1.69 bits per heavy atom. The average Bonchev–Trinajstić information content (AvgIpc) is 3.24. The highest BCUT2D eigenvalue weighted by Gasteiger charge is 2.39. The van der Waals surface area contributed by atoms with E-state index in [4.69, 9.17) is 15.0 Å². The smallest absolute Gasteiger partial charge is 0.164 e. The van der Waals surface area contributed by atoms with Gasteiger partial charge in [0.15, 0.2) is 17.5 Å². The molecule has 0 spiro atoms. The van der Waals surface area contributed by atoms with Crippen LogP contribution in [0.5, 0.6) is 0 Å². The van der Waals surface area contributed by atoms with E-state index in [0.717, 1.165) is 28.1 Å². The molecule has 0 radical (unpaired) electrons. The number of fused-ring (bicyclic) bond motifs is 3. The molecule has 0 bridgehead atoms. The molecule has 6 aromatic rings. The third-order valence-corrected chi connectivity index (χ3v) is 11.3. The van der Waals surface area contributed by atoms with E-state index in [0.29, 0.717) is 11.6 Å². The highest BCUT2D eigenvalue weighted by molar-refractivity contribution is 7.04. The highest BCUT2D eigenvalue weighted by atomic mass is 28.3. The lowest BCUT2D eigenvalue weighted by Crippen LogP contribution is -2.50. The molecule has 1 aliphatic rings. The van der Waals surface area contributed by atoms with E-state index in [1.807, 2.05) is 24.3 Å². The molecule has 4 heteroatoms. The normalized spacial score (nSPS) is 13.1. The molecule has 0 fully saturated rings. The number of hydrogen-bond donors (Lipinski definition) is 0. The molecule has 39 heavy (non-hydrogen) atoms. The number of aromatic nitrogens is 3. The van der Waals surface area contributed by atoms with Gasteiger partial charge in [-0.05, 0) is 38.7 Å². The predicted octanol–water partition coefficient (Wildman–Crippen LogP) is 7.34. The molecule has 186 valence electrons. The molecule has 2 heterocycles. The average molecular weight is 518 g/mol. The summed E-state index contributed by atoms with van der Waals surface area (Å²) in [6.07, 6.45) is 0. The third kappa shape index (κ3) is 4.01. The fourth-order valence-corrected chi connectivity index (χ4v) is 9.28. The standard InChI is InChI=1S/C35H27N3Si/c1-39(2)31-22-10-9-19-28(31)29-20-12-21-30(32(29)39)35-37-33(25-15-7-4-8-16-25)36-34(38-35)27-18-11-17-26(23-27)24-13-5-3-6-14-24/h3-23H,1-2H3. The van der Waals surface area contributed by atoms with Gasteiger partial charge in [0.05, 0.1) is 0 Å². The molecular weight excluding hydrogens is 490 g/mol. The summed E-state index contributed by atoms with van der Waals surface area (Å²) in [7, 11) is -1.96. The molecule has 0 aliphatic carbocycles. The van der Waals surface area contributed by atoms with Crippen LogP contribution in [0.2, 0.25) is 13.1 Å². The molecule has 7 rings (SSSR count). The second kappa shape index (κ2) is 9.26. The van der Waals surface area contributed by atoms with Crippen LogP contribution in [-0.4, -0.2) is 23.0 Å². The Morgan fingerprint density at radius 2 is 0.923 bits per heavy atom. The third-order valence-electron chi connectivity index (χ3n) is 7.72. The molecule has 0 amide bonds. The van der Waals surface area contributed by atoms with Crippen molar-refractivity contribution in [3.63, 3.8) is 0 Å². The van der Waals surface area contributed by atoms with Crippen LogP contribution in [-0.2, 0) is 0 Å². The van der Waals surface area contributed by atoms with E-state index in [2.05, 4.69) is 116 Å². The van der Waals surface area contributed by atoms with Crippen molar-refractivity contribution in [1.82, 2.24) is 15.0 Å². The fourth-order valence-electron chi connectivity index (χ4n) is 5.84. The molecule has 0 atom stereocenters. The summed E-state index contributed by atoms with van der Waals surface area (Å²) in [6, 6.07) is 44.5. The number of nitrogens with zero attached hydrogens (tertiary/aromatic N) is 3. The first-order chi connectivity index (χ1) is 19.1. The highest BCUT2D eigenvalue weighted by Crippen LogP contribution is 2.34. The summed E-state index contributed by atoms with van der Waals surface area (Å²) < 4.78 is 0. The van der Waals surface area contributed by atoms with Crippen LogP contribution in [0.25, 0.3) is 56.4 Å². The minimum atomic E-state index is -1.96. The van der Waals surface area contributed by atoms with Crippen molar-refractivity contribution in [1.29, 1.82) is 0 Å². The van der Waals surface area contributed by atoms with Gasteiger partial charge in [-0.2, -0.15) is 0 Å². The summed E-state index contributed by atoms with van der Waals surface area (Å²) in [5, 5.41) is 2.88. The van der Waals surface area contributed by atoms with Gasteiger partial charge in [-0.25, -0.2) is 15.0 Å². The maximum Gasteiger partial charge on any atom is 0.164 e. The van der Waals surface area contributed by atoms with Gasteiger partial charge in [0, 0.05) is 16.7 Å². The maximum absolute atomic E-state index is 5.14. The minimum absolute atomic E-state index is 0.684. The van der Waals surface area contributed by atoms with Crippen LogP contribution < -0.4 is 10.4 Å². The Morgan fingerprint density at radius 1 is 0.410 bits per heavy atom. The lowest BCUT2D eigenvalue weighted by molar-refractivity contribution is 1.08. The van der Waals surface area contributed by atoms with Crippen LogP contribution in [0.15, 0.2) is 127 Å². The van der Waals surface area contributed by atoms with Gasteiger partial charge in [-0.1, -0.05) is 134 Å². The Bertz CT molecular complexity index is 1830. The van der Waals surface area contributed by atoms with E-state index in [-0.39, 0.29) is 0 Å². The molecule has 0 N–H and O–H groups in total. The number of hydrogen-bond acceptors (Lipinski definition) is 3. The number of rotatable bonds is 4. The Labute approximate surface area is 229 Å². The molecule has 5 aromatic carbocycles. The van der Waals surface area contributed by atoms with Crippen molar-refractivity contribution in [2.24, 2.45) is 0 Å². The summed E-state index contributed by atoms with van der Waals surface area (Å²) in [6.45, 7) is 4.87. The first-order valence-corrected chi connectivity index (χ1v) is 16.3. The van der Waals surface area contributed by atoms with Crippen LogP contribution in [0.4, 0.5) is 0 Å². The zero-order chi connectivity index (χ0) is 26.4. The van der Waals surface area contributed by atoms with Gasteiger partial charge in [0.25, 0.3) is 0 Å². The van der Waals surface area contributed by atoms with Crippen LogP contribution >= 0.6 is 0 Å². The van der Waals surface area contributed by atoms with E-state index in [1.54, 1.807) is 0 Å². The molecule has 1 aromatic heterocycles. The molecule has 0 unspecified atom stereocenters. The van der Waals surface area contributed by atoms with Crippen molar-refractivity contribution in [2.45, 2.75) is 13.1 Å². The molecule has 0 saturated carbocycles. The van der Waals surface area contributed by atoms with Gasteiger partial charge in [0.1, 0.15) is 8.07 Å². The zero-order valence-corrected chi connectivity index (χ0v) is 23.0. The van der Waals surface area contributed by atoms with E-state index in [9.17, 15) is 0 Å². The van der Waals surface area contributed by atoms with Crippen molar-refractivity contribution in [3.8, 4) is 56.4 Å². The second-order valence-corrected chi connectivity index (χ2v) is 14.8. The summed E-state index contributed by atoms with van der Waals surface area (Å²) in [4.78, 5) is 15.2. The van der Waals surface area contributed by atoms with Gasteiger partial charge < -0.3 is 0 Å². The first kappa shape index (κ1) is 23.4. The van der Waals surface area contributed by atoms with Crippen LogP contribution in [0, 0.1) is 0 Å². The minimum Gasteiger partial charge on any atom is -0.208 e. The van der Waals surface area contributed by atoms with Gasteiger partial charge in [-0.15, -0.1) is 0 Å². The topological polar surface area (TPSA) is 38.7 Å². The predicted molar refractivity (Wildman–Crippen MR) is 164 cm³/mol. The Hall–Kier alpha value is -4.67. The van der Waals surface area contributed by atoms with Crippen molar-refractivity contribution >= 4 is 18.4 Å². The molecule has 0 saturated heterocycles. The number of benzene rings is 5. The molecular formula is C35H27N3Si. The first-order valence-electron chi connectivity index (χ1n) is 13.3. The lowest BCUT2D eigenvalue weighted by Gasteiger charge is -2.21. The van der Waals surface area contributed by atoms with Crippen LogP contribution in [0.3, 0.4) is 0 Å². The summed E-state index contributed by atoms with van der Waals surface area (Å²) in [5.74, 6) is 2.10. The van der Waals surface area contributed by atoms with Gasteiger partial charge in [-0.3, -0.25) is 0 Å². The van der Waals surface area contributed by atoms with E-state index >= 15 is 0 Å². The van der Waals surface area contributed by atoms with Crippen molar-refractivity contribution in [2.75, 3.05) is 0 Å². The van der Waals surface area contributed by atoms with E-state index in [1.165, 1.54) is 27.1 Å². The van der Waals surface area contributed by atoms with E-state index < -0.39 is 8.07 Å². The monoisotopic (exact) mass is 517 g/mol. The molecule has 1 aliphatic heterocycles. The largest absolute Gasteiger partial charge is 0.208 e. The summed E-state index contributed by atoms with van der Waals surface area (Å²) in [5.41, 5.74) is 8.04.